The Labute approximate surface area is 230 Å². The molecular weight excluding hydrogens is 518 g/mol. The van der Waals surface area contributed by atoms with Crippen LogP contribution in [0.15, 0.2) is 90.3 Å². The lowest BCUT2D eigenvalue weighted by Gasteiger charge is -2.10. The van der Waals surface area contributed by atoms with E-state index in [2.05, 4.69) is 5.32 Å². The number of nitrogens with one attached hydrogen (secondary N) is 1. The third kappa shape index (κ3) is 7.93. The van der Waals surface area contributed by atoms with Crippen molar-refractivity contribution in [3.8, 4) is 22.6 Å². The van der Waals surface area contributed by atoms with Gasteiger partial charge >= 0.3 is 11.9 Å². The third-order valence-electron chi connectivity index (χ3n) is 5.40. The number of carbonyl (C=O) groups excluding carboxylic acids is 3. The second kappa shape index (κ2) is 13.8. The summed E-state index contributed by atoms with van der Waals surface area (Å²) in [6.45, 7) is 1.44. The first-order chi connectivity index (χ1) is 19.0. The Morgan fingerprint density at radius 2 is 1.41 bits per heavy atom. The van der Waals surface area contributed by atoms with Crippen molar-refractivity contribution in [3.63, 3.8) is 0 Å². The molecule has 9 heteroatoms. The minimum Gasteiger partial charge on any atom is -0.489 e. The lowest BCUT2D eigenvalue weighted by atomic mass is 10.0. The standard InChI is InChI=1S/C30H27NO7S/c1-2-35-30(34)28-25(22-11-7-4-8-12-22)20-39-29(28)31-26(32)18-38-27(33)19-37-24-15-13-23(14-16-24)36-17-21-9-5-3-6-10-21/h3-16,20H,2,17-19H2,1H3,(H,31,32). The van der Waals surface area contributed by atoms with Gasteiger partial charge in [0.2, 0.25) is 0 Å². The first-order valence-corrected chi connectivity index (χ1v) is 13.1. The van der Waals surface area contributed by atoms with Crippen LogP contribution >= 0.6 is 11.3 Å². The second-order valence-electron chi connectivity index (χ2n) is 8.18. The minimum absolute atomic E-state index is 0.192. The Morgan fingerprint density at radius 3 is 2.08 bits per heavy atom. The van der Waals surface area contributed by atoms with Crippen LogP contribution in [0, 0.1) is 0 Å². The fourth-order valence-electron chi connectivity index (χ4n) is 3.55. The van der Waals surface area contributed by atoms with Gasteiger partial charge in [-0.2, -0.15) is 0 Å². The quantitative estimate of drug-likeness (QED) is 0.227. The van der Waals surface area contributed by atoms with Gasteiger partial charge in [-0.1, -0.05) is 60.7 Å². The van der Waals surface area contributed by atoms with Gasteiger partial charge in [0, 0.05) is 10.9 Å². The number of hydrogen-bond donors (Lipinski definition) is 1. The topological polar surface area (TPSA) is 100 Å². The molecular formula is C30H27NO7S. The maximum absolute atomic E-state index is 12.6. The highest BCUT2D eigenvalue weighted by molar-refractivity contribution is 7.15. The van der Waals surface area contributed by atoms with Gasteiger partial charge in [-0.15, -0.1) is 11.3 Å². The zero-order valence-electron chi connectivity index (χ0n) is 21.3. The Balaban J connectivity index is 1.25. The molecule has 1 aromatic heterocycles. The molecule has 0 saturated carbocycles. The monoisotopic (exact) mass is 545 g/mol. The molecule has 0 aliphatic carbocycles. The fraction of sp³-hybridized carbons (Fsp3) is 0.167. The van der Waals surface area contributed by atoms with Crippen LogP contribution in [0.1, 0.15) is 22.8 Å². The molecule has 1 heterocycles. The summed E-state index contributed by atoms with van der Waals surface area (Å²) in [5.41, 5.74) is 2.78. The van der Waals surface area contributed by atoms with Crippen molar-refractivity contribution in [2.75, 3.05) is 25.1 Å². The zero-order valence-corrected chi connectivity index (χ0v) is 22.1. The summed E-state index contributed by atoms with van der Waals surface area (Å²) in [7, 11) is 0. The summed E-state index contributed by atoms with van der Waals surface area (Å²) >= 11 is 1.19. The van der Waals surface area contributed by atoms with Crippen molar-refractivity contribution in [2.24, 2.45) is 0 Å². The van der Waals surface area contributed by atoms with Gasteiger partial charge < -0.3 is 24.3 Å². The molecule has 0 aliphatic rings. The number of amides is 1. The van der Waals surface area contributed by atoms with Crippen molar-refractivity contribution < 1.29 is 33.3 Å². The third-order valence-corrected chi connectivity index (χ3v) is 6.30. The van der Waals surface area contributed by atoms with Crippen LogP contribution in [0.25, 0.3) is 11.1 Å². The van der Waals surface area contributed by atoms with E-state index in [0.717, 1.165) is 11.1 Å². The van der Waals surface area contributed by atoms with Crippen LogP contribution in [-0.4, -0.2) is 37.7 Å². The fourth-order valence-corrected chi connectivity index (χ4v) is 4.53. The molecule has 0 radical (unpaired) electrons. The van der Waals surface area contributed by atoms with Gasteiger partial charge in [0.05, 0.1) is 6.61 Å². The molecule has 200 valence electrons. The molecule has 0 fully saturated rings. The van der Waals surface area contributed by atoms with Crippen LogP contribution in [0.4, 0.5) is 5.00 Å². The predicted molar refractivity (Wildman–Crippen MR) is 148 cm³/mol. The van der Waals surface area contributed by atoms with Crippen LogP contribution in [0.5, 0.6) is 11.5 Å². The van der Waals surface area contributed by atoms with Crippen LogP contribution in [-0.2, 0) is 25.7 Å². The van der Waals surface area contributed by atoms with Crippen molar-refractivity contribution in [2.45, 2.75) is 13.5 Å². The molecule has 8 nitrogen and oxygen atoms in total. The van der Waals surface area contributed by atoms with Crippen molar-refractivity contribution >= 4 is 34.2 Å². The Bertz CT molecular complexity index is 1390. The van der Waals surface area contributed by atoms with Crippen molar-refractivity contribution in [3.05, 3.63) is 101 Å². The average molecular weight is 546 g/mol. The minimum atomic E-state index is -0.712. The van der Waals surface area contributed by atoms with Gasteiger partial charge in [-0.25, -0.2) is 9.59 Å². The maximum Gasteiger partial charge on any atom is 0.344 e. The van der Waals surface area contributed by atoms with Crippen LogP contribution < -0.4 is 14.8 Å². The largest absolute Gasteiger partial charge is 0.489 e. The molecule has 0 aliphatic heterocycles. The average Bonchev–Trinajstić information content (AvgIpc) is 3.39. The highest BCUT2D eigenvalue weighted by atomic mass is 32.1. The van der Waals surface area contributed by atoms with Gasteiger partial charge in [0.25, 0.3) is 5.91 Å². The number of benzene rings is 3. The highest BCUT2D eigenvalue weighted by Gasteiger charge is 2.23. The van der Waals surface area contributed by atoms with Gasteiger partial charge in [0.15, 0.2) is 13.2 Å². The number of hydrogen-bond acceptors (Lipinski definition) is 8. The van der Waals surface area contributed by atoms with E-state index in [1.54, 1.807) is 36.6 Å². The molecule has 0 saturated heterocycles. The van der Waals surface area contributed by atoms with E-state index >= 15 is 0 Å². The summed E-state index contributed by atoms with van der Waals surface area (Å²) in [4.78, 5) is 37.2. The summed E-state index contributed by atoms with van der Waals surface area (Å²) in [5.74, 6) is -0.729. The number of anilines is 1. The smallest absolute Gasteiger partial charge is 0.344 e. The molecule has 3 aromatic carbocycles. The van der Waals surface area contributed by atoms with E-state index in [-0.39, 0.29) is 18.8 Å². The lowest BCUT2D eigenvalue weighted by molar-refractivity contribution is -0.149. The second-order valence-corrected chi connectivity index (χ2v) is 9.06. The normalized spacial score (nSPS) is 10.4. The van der Waals surface area contributed by atoms with E-state index in [0.29, 0.717) is 28.7 Å². The Kier molecular flexibility index (Phi) is 9.68. The lowest BCUT2D eigenvalue weighted by Crippen LogP contribution is -2.24. The summed E-state index contributed by atoms with van der Waals surface area (Å²) in [6.07, 6.45) is 0. The van der Waals surface area contributed by atoms with Gasteiger partial charge in [-0.3, -0.25) is 4.79 Å². The Hall–Kier alpha value is -4.63. The molecule has 1 amide bonds. The molecule has 4 rings (SSSR count). The number of carbonyl (C=O) groups is 3. The van der Waals surface area contributed by atoms with Crippen molar-refractivity contribution in [1.29, 1.82) is 0 Å². The number of esters is 2. The van der Waals surface area contributed by atoms with Gasteiger partial charge in [0.1, 0.15) is 28.7 Å². The van der Waals surface area contributed by atoms with E-state index in [1.165, 1.54) is 11.3 Å². The highest BCUT2D eigenvalue weighted by Crippen LogP contribution is 2.36. The van der Waals surface area contributed by atoms with E-state index in [9.17, 15) is 14.4 Å². The molecule has 1 N–H and O–H groups in total. The molecule has 4 aromatic rings. The van der Waals surface area contributed by atoms with Crippen LogP contribution in [0.3, 0.4) is 0 Å². The molecule has 39 heavy (non-hydrogen) atoms. The zero-order chi connectivity index (χ0) is 27.5. The Morgan fingerprint density at radius 1 is 0.769 bits per heavy atom. The van der Waals surface area contributed by atoms with Gasteiger partial charge in [-0.05, 0) is 42.3 Å². The number of rotatable bonds is 12. The van der Waals surface area contributed by atoms with Crippen LogP contribution in [0.2, 0.25) is 0 Å². The van der Waals surface area contributed by atoms with E-state index in [1.807, 2.05) is 60.7 Å². The SMILES string of the molecule is CCOC(=O)c1c(-c2ccccc2)csc1NC(=O)COC(=O)COc1ccc(OCc2ccccc2)cc1. The van der Waals surface area contributed by atoms with E-state index < -0.39 is 24.5 Å². The molecule has 0 bridgehead atoms. The molecule has 0 spiro atoms. The predicted octanol–water partition coefficient (Wildman–Crippen LogP) is 5.73. The summed E-state index contributed by atoms with van der Waals surface area (Å²) in [5, 5.41) is 4.74. The summed E-state index contributed by atoms with van der Waals surface area (Å²) in [6, 6.07) is 25.9. The number of ether oxygens (including phenoxy) is 4. The number of thiophene rings is 1. The molecule has 0 atom stereocenters. The van der Waals surface area contributed by atoms with E-state index in [4.69, 9.17) is 18.9 Å². The first kappa shape index (κ1) is 27.4. The van der Waals surface area contributed by atoms with Crippen molar-refractivity contribution in [1.82, 2.24) is 0 Å². The first-order valence-electron chi connectivity index (χ1n) is 12.2. The maximum atomic E-state index is 12.6. The summed E-state index contributed by atoms with van der Waals surface area (Å²) < 4.78 is 21.4. The molecule has 0 unspecified atom stereocenters.